The van der Waals surface area contributed by atoms with Crippen LogP contribution in [0.1, 0.15) is 57.5 Å². The summed E-state index contributed by atoms with van der Waals surface area (Å²) in [4.78, 5) is 49.9. The van der Waals surface area contributed by atoms with Gasteiger partial charge < -0.3 is 21.3 Å². The summed E-state index contributed by atoms with van der Waals surface area (Å²) >= 11 is 0. The average molecular weight is 511 g/mol. The molecule has 0 bridgehead atoms. The predicted octanol–water partition coefficient (Wildman–Crippen LogP) is 5.51. The van der Waals surface area contributed by atoms with Crippen molar-refractivity contribution in [2.24, 2.45) is 11.8 Å². The molecular weight excluding hydrogens is 480 g/mol. The quantitative estimate of drug-likeness (QED) is 0.320. The smallest absolute Gasteiger partial charge is 0.255 e. The molecule has 2 aliphatic carbocycles. The molecule has 8 nitrogen and oxygen atoms in total. The van der Waals surface area contributed by atoms with Gasteiger partial charge in [-0.25, -0.2) is 0 Å². The lowest BCUT2D eigenvalue weighted by Gasteiger charge is -2.12. The van der Waals surface area contributed by atoms with Gasteiger partial charge in [0.05, 0.1) is 0 Å². The number of hydrogen-bond donors (Lipinski definition) is 4. The molecule has 194 valence electrons. The summed E-state index contributed by atoms with van der Waals surface area (Å²) in [7, 11) is 0. The first-order valence-electron chi connectivity index (χ1n) is 12.8. The third-order valence-electron chi connectivity index (χ3n) is 6.81. The van der Waals surface area contributed by atoms with Crippen molar-refractivity contribution < 1.29 is 19.2 Å². The van der Waals surface area contributed by atoms with E-state index in [1.165, 1.54) is 0 Å². The van der Waals surface area contributed by atoms with Gasteiger partial charge in [0.1, 0.15) is 0 Å². The fourth-order valence-electron chi connectivity index (χ4n) is 4.01. The highest BCUT2D eigenvalue weighted by Crippen LogP contribution is 2.32. The van der Waals surface area contributed by atoms with Crippen LogP contribution in [0.15, 0.2) is 60.7 Å². The highest BCUT2D eigenvalue weighted by molar-refractivity contribution is 6.08. The maximum atomic E-state index is 12.8. The Bertz CT molecular complexity index is 1310. The molecule has 0 aliphatic heterocycles. The van der Waals surface area contributed by atoms with Crippen LogP contribution in [0.2, 0.25) is 0 Å². The average Bonchev–Trinajstić information content (AvgIpc) is 3.81. The molecule has 3 aromatic carbocycles. The molecule has 38 heavy (non-hydrogen) atoms. The molecular formula is C30H30N4O4. The van der Waals surface area contributed by atoms with Gasteiger partial charge in [0.25, 0.3) is 11.8 Å². The highest BCUT2D eigenvalue weighted by atomic mass is 16.2. The summed E-state index contributed by atoms with van der Waals surface area (Å²) in [5.74, 6) is -0.454. The zero-order chi connectivity index (χ0) is 26.8. The summed E-state index contributed by atoms with van der Waals surface area (Å²) in [6.07, 6.45) is 3.67. The molecule has 4 N–H and O–H groups in total. The van der Waals surface area contributed by atoms with Gasteiger partial charge in [-0.3, -0.25) is 19.2 Å². The van der Waals surface area contributed by atoms with Gasteiger partial charge in [-0.1, -0.05) is 12.1 Å². The lowest BCUT2D eigenvalue weighted by molar-refractivity contribution is -0.118. The third kappa shape index (κ3) is 6.08. The van der Waals surface area contributed by atoms with E-state index in [0.29, 0.717) is 33.9 Å². The SMILES string of the molecule is Cc1ccc(NC(=O)c2ccc(C(=O)Nc3ccc(C)c(NC(=O)C4CC4)c3)cc2)cc1NC(=O)C1CC1. The molecule has 0 heterocycles. The molecule has 0 spiro atoms. The Labute approximate surface area is 221 Å². The molecule has 5 rings (SSSR count). The van der Waals surface area contributed by atoms with E-state index in [1.807, 2.05) is 26.0 Å². The maximum Gasteiger partial charge on any atom is 0.255 e. The summed E-state index contributed by atoms with van der Waals surface area (Å²) < 4.78 is 0. The van der Waals surface area contributed by atoms with Gasteiger partial charge >= 0.3 is 0 Å². The van der Waals surface area contributed by atoms with E-state index in [2.05, 4.69) is 21.3 Å². The van der Waals surface area contributed by atoms with Crippen LogP contribution < -0.4 is 21.3 Å². The van der Waals surface area contributed by atoms with E-state index in [1.54, 1.807) is 48.5 Å². The normalized spacial score (nSPS) is 14.4. The number of carbonyl (C=O) groups excluding carboxylic acids is 4. The van der Waals surface area contributed by atoms with Gasteiger partial charge in [0.2, 0.25) is 11.8 Å². The largest absolute Gasteiger partial charge is 0.326 e. The monoisotopic (exact) mass is 510 g/mol. The molecule has 0 atom stereocenters. The molecule has 0 saturated heterocycles. The molecule has 0 unspecified atom stereocenters. The summed E-state index contributed by atoms with van der Waals surface area (Å²) in [5.41, 5.74) is 5.11. The number of rotatable bonds is 8. The van der Waals surface area contributed by atoms with Crippen LogP contribution in [-0.4, -0.2) is 23.6 Å². The lowest BCUT2D eigenvalue weighted by Crippen LogP contribution is -2.16. The number of carbonyl (C=O) groups is 4. The molecule has 2 fully saturated rings. The summed E-state index contributed by atoms with van der Waals surface area (Å²) in [6, 6.07) is 17.1. The van der Waals surface area contributed by atoms with E-state index < -0.39 is 0 Å². The fourth-order valence-corrected chi connectivity index (χ4v) is 4.01. The van der Waals surface area contributed by atoms with Crippen LogP contribution >= 0.6 is 0 Å². The second-order valence-electron chi connectivity index (χ2n) is 10.1. The Morgan fingerprint density at radius 1 is 0.553 bits per heavy atom. The van der Waals surface area contributed by atoms with Crippen LogP contribution in [0.25, 0.3) is 0 Å². The fraction of sp³-hybridized carbons (Fsp3) is 0.267. The number of hydrogen-bond acceptors (Lipinski definition) is 4. The van der Waals surface area contributed by atoms with Gasteiger partial charge in [-0.15, -0.1) is 0 Å². The van der Waals surface area contributed by atoms with Gasteiger partial charge in [0.15, 0.2) is 0 Å². The third-order valence-corrected chi connectivity index (χ3v) is 6.81. The minimum atomic E-state index is -0.324. The van der Waals surface area contributed by atoms with Gasteiger partial charge in [-0.05, 0) is 99.2 Å². The van der Waals surface area contributed by atoms with E-state index in [9.17, 15) is 19.2 Å². The standard InChI is InChI=1S/C30H30N4O4/c1-17-3-13-23(15-25(17)33-29(37)21-9-10-21)31-27(35)19-5-7-20(8-6-19)28(36)32-24-14-4-18(2)26(16-24)34-30(38)22-11-12-22/h3-8,13-16,21-22H,9-12H2,1-2H3,(H,31,35)(H,32,36)(H,33,37)(H,34,38). The Morgan fingerprint density at radius 2 is 0.921 bits per heavy atom. The van der Waals surface area contributed by atoms with Crippen molar-refractivity contribution in [2.75, 3.05) is 21.3 Å². The molecule has 3 aromatic rings. The summed E-state index contributed by atoms with van der Waals surface area (Å²) in [5, 5.41) is 11.6. The van der Waals surface area contributed by atoms with Crippen molar-refractivity contribution in [3.63, 3.8) is 0 Å². The Kier molecular flexibility index (Phi) is 6.96. The van der Waals surface area contributed by atoms with Crippen molar-refractivity contribution in [3.05, 3.63) is 82.9 Å². The molecule has 2 aliphatic rings. The number of amides is 4. The number of aryl methyl sites for hydroxylation is 2. The first-order valence-corrected chi connectivity index (χ1v) is 12.8. The number of nitrogens with one attached hydrogen (secondary N) is 4. The van der Waals surface area contributed by atoms with Crippen LogP contribution in [0.3, 0.4) is 0 Å². The first-order chi connectivity index (χ1) is 18.3. The van der Waals surface area contributed by atoms with Gasteiger partial charge in [-0.2, -0.15) is 0 Å². The van der Waals surface area contributed by atoms with E-state index in [0.717, 1.165) is 36.8 Å². The Morgan fingerprint density at radius 3 is 1.26 bits per heavy atom. The van der Waals surface area contributed by atoms with Crippen molar-refractivity contribution in [3.8, 4) is 0 Å². The first kappa shape index (κ1) is 25.2. The van der Waals surface area contributed by atoms with Crippen LogP contribution in [0.4, 0.5) is 22.7 Å². The Hall–Kier alpha value is -4.46. The molecule has 4 amide bonds. The highest BCUT2D eigenvalue weighted by Gasteiger charge is 2.30. The molecule has 2 saturated carbocycles. The topological polar surface area (TPSA) is 116 Å². The molecule has 0 aromatic heterocycles. The maximum absolute atomic E-state index is 12.8. The number of benzene rings is 3. The molecule has 8 heteroatoms. The van der Waals surface area contributed by atoms with Crippen molar-refractivity contribution in [1.29, 1.82) is 0 Å². The van der Waals surface area contributed by atoms with E-state index in [4.69, 9.17) is 0 Å². The predicted molar refractivity (Wildman–Crippen MR) is 147 cm³/mol. The second-order valence-corrected chi connectivity index (χ2v) is 10.1. The minimum Gasteiger partial charge on any atom is -0.326 e. The van der Waals surface area contributed by atoms with Crippen molar-refractivity contribution in [1.82, 2.24) is 0 Å². The van der Waals surface area contributed by atoms with Crippen LogP contribution in [-0.2, 0) is 9.59 Å². The lowest BCUT2D eigenvalue weighted by atomic mass is 10.1. The van der Waals surface area contributed by atoms with Crippen molar-refractivity contribution >= 4 is 46.4 Å². The second kappa shape index (κ2) is 10.5. The number of anilines is 4. The summed E-state index contributed by atoms with van der Waals surface area (Å²) in [6.45, 7) is 3.80. The van der Waals surface area contributed by atoms with Crippen LogP contribution in [0, 0.1) is 25.7 Å². The van der Waals surface area contributed by atoms with Crippen LogP contribution in [0.5, 0.6) is 0 Å². The molecule has 0 radical (unpaired) electrons. The van der Waals surface area contributed by atoms with Gasteiger partial charge in [0, 0.05) is 45.7 Å². The zero-order valence-corrected chi connectivity index (χ0v) is 21.4. The Balaban J connectivity index is 1.20. The minimum absolute atomic E-state index is 0.00955. The zero-order valence-electron chi connectivity index (χ0n) is 21.4. The van der Waals surface area contributed by atoms with E-state index in [-0.39, 0.29) is 35.5 Å². The van der Waals surface area contributed by atoms with Crippen molar-refractivity contribution in [2.45, 2.75) is 39.5 Å². The van der Waals surface area contributed by atoms with E-state index >= 15 is 0 Å².